The van der Waals surface area contributed by atoms with Gasteiger partial charge in [0.1, 0.15) is 18.0 Å². The van der Waals surface area contributed by atoms with Gasteiger partial charge in [-0.1, -0.05) is 25.1 Å². The largest absolute Gasteiger partial charge is 0.497 e. The Labute approximate surface area is 178 Å². The van der Waals surface area contributed by atoms with E-state index < -0.39 is 24.4 Å². The Balaban J connectivity index is 1.75. The van der Waals surface area contributed by atoms with E-state index in [9.17, 15) is 15.3 Å². The lowest BCUT2D eigenvalue weighted by atomic mass is 9.84. The Morgan fingerprint density at radius 3 is 2.50 bits per heavy atom. The molecule has 4 rings (SSSR count). The topological polar surface area (TPSA) is 79.2 Å². The van der Waals surface area contributed by atoms with Gasteiger partial charge in [0, 0.05) is 6.42 Å². The van der Waals surface area contributed by atoms with Crippen molar-refractivity contribution in [3.8, 4) is 5.75 Å². The van der Waals surface area contributed by atoms with Gasteiger partial charge in [0.15, 0.2) is 0 Å². The molecule has 0 aromatic heterocycles. The maximum absolute atomic E-state index is 10.7. The molecule has 0 spiro atoms. The van der Waals surface area contributed by atoms with E-state index in [0.717, 1.165) is 43.4 Å². The summed E-state index contributed by atoms with van der Waals surface area (Å²) in [5.74, 6) is 0.841. The number of benzene rings is 2. The van der Waals surface area contributed by atoms with Gasteiger partial charge < -0.3 is 24.8 Å². The van der Waals surface area contributed by atoms with Crippen LogP contribution in [0.25, 0.3) is 0 Å². The molecule has 2 aromatic carbocycles. The summed E-state index contributed by atoms with van der Waals surface area (Å²) in [6, 6.07) is 10.3. The van der Waals surface area contributed by atoms with Crippen LogP contribution in [0.4, 0.5) is 0 Å². The van der Waals surface area contributed by atoms with E-state index in [0.29, 0.717) is 0 Å². The van der Waals surface area contributed by atoms with E-state index in [4.69, 9.17) is 9.47 Å². The molecule has 2 aromatic rings. The number of aliphatic hydroxyl groups excluding tert-OH is 3. The maximum Gasteiger partial charge on any atom is 0.118 e. The number of methoxy groups -OCH3 is 1. The number of hydrogen-bond donors (Lipinski definition) is 3. The van der Waals surface area contributed by atoms with Crippen molar-refractivity contribution < 1.29 is 24.8 Å². The van der Waals surface area contributed by atoms with Gasteiger partial charge in [-0.3, -0.25) is 0 Å². The summed E-state index contributed by atoms with van der Waals surface area (Å²) in [6.45, 7) is 1.97. The molecule has 1 unspecified atom stereocenters. The van der Waals surface area contributed by atoms with Crippen molar-refractivity contribution in [1.29, 1.82) is 0 Å². The Kier molecular flexibility index (Phi) is 6.44. The van der Waals surface area contributed by atoms with E-state index in [1.54, 1.807) is 7.11 Å². The normalized spacial score (nSPS) is 25.9. The minimum absolute atomic E-state index is 0.161. The molecule has 0 amide bonds. The minimum atomic E-state index is -0.994. The fourth-order valence-electron chi connectivity index (χ4n) is 5.09. The third-order valence-electron chi connectivity index (χ3n) is 6.61. The van der Waals surface area contributed by atoms with Crippen LogP contribution in [0, 0.1) is 0 Å². The van der Waals surface area contributed by atoms with E-state index >= 15 is 0 Å². The molecule has 1 aliphatic heterocycles. The highest BCUT2D eigenvalue weighted by Crippen LogP contribution is 2.40. The number of ether oxygens (including phenoxy) is 2. The van der Waals surface area contributed by atoms with Gasteiger partial charge in [0.25, 0.3) is 0 Å². The van der Waals surface area contributed by atoms with Crippen molar-refractivity contribution in [2.45, 2.75) is 69.9 Å². The second-order valence-corrected chi connectivity index (χ2v) is 8.45. The van der Waals surface area contributed by atoms with Crippen molar-refractivity contribution in [3.63, 3.8) is 0 Å². The van der Waals surface area contributed by atoms with E-state index in [1.165, 1.54) is 27.8 Å². The molecule has 3 N–H and O–H groups in total. The lowest BCUT2D eigenvalue weighted by Gasteiger charge is -2.38. The predicted molar refractivity (Wildman–Crippen MR) is 115 cm³/mol. The van der Waals surface area contributed by atoms with Crippen LogP contribution in [0.1, 0.15) is 59.3 Å². The fraction of sp³-hybridized carbons (Fsp3) is 0.520. The molecule has 30 heavy (non-hydrogen) atoms. The Morgan fingerprint density at radius 1 is 1.10 bits per heavy atom. The summed E-state index contributed by atoms with van der Waals surface area (Å²) >= 11 is 0. The Bertz CT molecular complexity index is 876. The highest BCUT2D eigenvalue weighted by Gasteiger charge is 2.39. The van der Waals surface area contributed by atoms with Gasteiger partial charge in [0.2, 0.25) is 0 Å². The molecule has 2 aliphatic rings. The zero-order valence-electron chi connectivity index (χ0n) is 17.8. The molecular formula is C25H32O5. The summed E-state index contributed by atoms with van der Waals surface area (Å²) < 4.78 is 11.3. The molecule has 162 valence electrons. The zero-order valence-corrected chi connectivity index (χ0v) is 17.8. The standard InChI is InChI=1S/C25H32O5/c1-3-19-21-6-4-5-20(21)16(11-15-7-9-17(29-2)10-8-15)12-22(19)25-24(28)23(27)13-18(14-26)30-25/h7-10,12,18,23-28H,3-6,11,13-14H2,1-2H3/t18-,23-,24?,25-/m0/s1. The molecule has 1 aliphatic carbocycles. The van der Waals surface area contributed by atoms with Crippen LogP contribution < -0.4 is 4.74 Å². The number of rotatable bonds is 6. The molecule has 5 nitrogen and oxygen atoms in total. The van der Waals surface area contributed by atoms with Gasteiger partial charge in [-0.25, -0.2) is 0 Å². The van der Waals surface area contributed by atoms with Crippen molar-refractivity contribution >= 4 is 0 Å². The SMILES string of the molecule is CCc1c([C@@H]2O[C@H](CO)C[C@H](O)C2O)cc(Cc2ccc(OC)cc2)c2c1CCC2. The Hall–Kier alpha value is -1.92. The van der Waals surface area contributed by atoms with Crippen molar-refractivity contribution in [1.82, 2.24) is 0 Å². The average molecular weight is 413 g/mol. The van der Waals surface area contributed by atoms with Crippen LogP contribution in [0.3, 0.4) is 0 Å². The summed E-state index contributed by atoms with van der Waals surface area (Å²) in [5.41, 5.74) is 7.47. The molecule has 0 radical (unpaired) electrons. The van der Waals surface area contributed by atoms with E-state index in [-0.39, 0.29) is 13.0 Å². The third kappa shape index (κ3) is 4.00. The van der Waals surface area contributed by atoms with Gasteiger partial charge in [-0.2, -0.15) is 0 Å². The van der Waals surface area contributed by atoms with Crippen LogP contribution in [0.5, 0.6) is 5.75 Å². The van der Waals surface area contributed by atoms with Crippen molar-refractivity contribution in [2.75, 3.05) is 13.7 Å². The second kappa shape index (κ2) is 9.06. The van der Waals surface area contributed by atoms with Crippen LogP contribution in [-0.2, 0) is 30.4 Å². The number of hydrogen-bond acceptors (Lipinski definition) is 5. The summed E-state index contributed by atoms with van der Waals surface area (Å²) in [5, 5.41) is 30.7. The monoisotopic (exact) mass is 412 g/mol. The van der Waals surface area contributed by atoms with E-state index in [2.05, 4.69) is 25.1 Å². The summed E-state index contributed by atoms with van der Waals surface area (Å²) in [6.07, 6.45) is 2.18. The highest BCUT2D eigenvalue weighted by molar-refractivity contribution is 5.51. The second-order valence-electron chi connectivity index (χ2n) is 8.45. The third-order valence-corrected chi connectivity index (χ3v) is 6.61. The molecular weight excluding hydrogens is 380 g/mol. The molecule has 0 saturated carbocycles. The Morgan fingerprint density at radius 2 is 1.83 bits per heavy atom. The minimum Gasteiger partial charge on any atom is -0.497 e. The smallest absolute Gasteiger partial charge is 0.118 e. The quantitative estimate of drug-likeness (QED) is 0.680. The lowest BCUT2D eigenvalue weighted by molar-refractivity contribution is -0.179. The molecule has 1 heterocycles. The first kappa shape index (κ1) is 21.3. The molecule has 4 atom stereocenters. The average Bonchev–Trinajstić information content (AvgIpc) is 3.26. The molecule has 1 fully saturated rings. The van der Waals surface area contributed by atoms with Gasteiger partial charge in [-0.15, -0.1) is 0 Å². The van der Waals surface area contributed by atoms with Crippen LogP contribution in [0.15, 0.2) is 30.3 Å². The highest BCUT2D eigenvalue weighted by atomic mass is 16.5. The van der Waals surface area contributed by atoms with E-state index in [1.807, 2.05) is 12.1 Å². The molecule has 1 saturated heterocycles. The lowest BCUT2D eigenvalue weighted by Crippen LogP contribution is -2.45. The summed E-state index contributed by atoms with van der Waals surface area (Å²) in [4.78, 5) is 0. The fourth-order valence-corrected chi connectivity index (χ4v) is 5.09. The van der Waals surface area contributed by atoms with Gasteiger partial charge in [-0.05, 0) is 77.6 Å². The molecule has 0 bridgehead atoms. The number of fused-ring (bicyclic) bond motifs is 1. The van der Waals surface area contributed by atoms with Crippen LogP contribution in [-0.4, -0.2) is 47.3 Å². The maximum atomic E-state index is 10.7. The molecule has 5 heteroatoms. The predicted octanol–water partition coefficient (Wildman–Crippen LogP) is 2.88. The summed E-state index contributed by atoms with van der Waals surface area (Å²) in [7, 11) is 1.67. The van der Waals surface area contributed by atoms with Gasteiger partial charge in [0.05, 0.1) is 25.9 Å². The van der Waals surface area contributed by atoms with Crippen molar-refractivity contribution in [2.24, 2.45) is 0 Å². The van der Waals surface area contributed by atoms with Gasteiger partial charge >= 0.3 is 0 Å². The van der Waals surface area contributed by atoms with Crippen LogP contribution in [0.2, 0.25) is 0 Å². The first-order valence-corrected chi connectivity index (χ1v) is 11.0. The number of aliphatic hydroxyl groups is 3. The van der Waals surface area contributed by atoms with Crippen LogP contribution >= 0.6 is 0 Å². The first-order valence-electron chi connectivity index (χ1n) is 11.0. The first-order chi connectivity index (χ1) is 14.5. The zero-order chi connectivity index (χ0) is 21.3. The van der Waals surface area contributed by atoms with Crippen molar-refractivity contribution in [3.05, 3.63) is 63.7 Å².